The summed E-state index contributed by atoms with van der Waals surface area (Å²) in [4.78, 5) is 23.5. The summed E-state index contributed by atoms with van der Waals surface area (Å²) < 4.78 is 31.5. The van der Waals surface area contributed by atoms with Crippen LogP contribution in [0.2, 0.25) is 0 Å². The molecule has 0 aromatic heterocycles. The van der Waals surface area contributed by atoms with Crippen molar-refractivity contribution in [3.05, 3.63) is 59.2 Å². The highest BCUT2D eigenvalue weighted by Crippen LogP contribution is 2.28. The number of fused-ring (bicyclic) bond motifs is 1. The van der Waals surface area contributed by atoms with Crippen LogP contribution in [0.1, 0.15) is 28.9 Å². The molecule has 1 heterocycles. The maximum atomic E-state index is 13.3. The van der Waals surface area contributed by atoms with E-state index in [-0.39, 0.29) is 12.5 Å². The van der Waals surface area contributed by atoms with E-state index in [4.69, 9.17) is 4.74 Å². The fourth-order valence-electron chi connectivity index (χ4n) is 2.36. The zero-order valence-electron chi connectivity index (χ0n) is 12.7. The van der Waals surface area contributed by atoms with Gasteiger partial charge in [0.25, 0.3) is 11.8 Å². The molecule has 0 unspecified atom stereocenters. The van der Waals surface area contributed by atoms with Crippen LogP contribution >= 0.6 is 0 Å². The molecule has 0 saturated heterocycles. The summed E-state index contributed by atoms with van der Waals surface area (Å²) in [6.07, 6.45) is 0. The van der Waals surface area contributed by atoms with E-state index < -0.39 is 23.6 Å². The largest absolute Gasteiger partial charge is 0.482 e. The normalized spacial score (nSPS) is 14.2. The minimum absolute atomic E-state index is 0.108. The van der Waals surface area contributed by atoms with Gasteiger partial charge in [-0.1, -0.05) is 6.07 Å². The van der Waals surface area contributed by atoms with Crippen molar-refractivity contribution in [2.45, 2.75) is 13.0 Å². The van der Waals surface area contributed by atoms with Crippen molar-refractivity contribution >= 4 is 17.5 Å². The number of halogens is 2. The molecule has 2 amide bonds. The van der Waals surface area contributed by atoms with Gasteiger partial charge in [0.1, 0.15) is 5.75 Å². The molecule has 7 heteroatoms. The molecule has 24 heavy (non-hydrogen) atoms. The lowest BCUT2D eigenvalue weighted by Gasteiger charge is -2.19. The standard InChI is InChI=1S/C17H14F2N2O3/c1-9(10-2-4-12(18)13(19)6-10)20-17(23)11-3-5-14-15(7-11)24-8-16(22)21-14/h2-7,9H,8H2,1H3,(H,20,23)(H,21,22)/t9-/m0/s1. The number of carbonyl (C=O) groups is 2. The molecule has 124 valence electrons. The predicted molar refractivity (Wildman–Crippen MR) is 82.8 cm³/mol. The monoisotopic (exact) mass is 332 g/mol. The molecular weight excluding hydrogens is 318 g/mol. The van der Waals surface area contributed by atoms with Gasteiger partial charge in [0.15, 0.2) is 18.2 Å². The number of amides is 2. The number of ether oxygens (including phenoxy) is 1. The van der Waals surface area contributed by atoms with Crippen LogP contribution in [0.3, 0.4) is 0 Å². The van der Waals surface area contributed by atoms with E-state index in [1.165, 1.54) is 12.1 Å². The van der Waals surface area contributed by atoms with Gasteiger partial charge in [-0.15, -0.1) is 0 Å². The Kier molecular flexibility index (Phi) is 4.16. The van der Waals surface area contributed by atoms with Gasteiger partial charge in [0, 0.05) is 5.56 Å². The van der Waals surface area contributed by atoms with Crippen molar-refractivity contribution in [1.82, 2.24) is 5.32 Å². The second-order valence-electron chi connectivity index (χ2n) is 5.42. The lowest BCUT2D eigenvalue weighted by atomic mass is 10.1. The van der Waals surface area contributed by atoms with E-state index in [2.05, 4.69) is 10.6 Å². The van der Waals surface area contributed by atoms with Gasteiger partial charge in [-0.25, -0.2) is 8.78 Å². The molecule has 0 spiro atoms. The molecule has 2 aromatic rings. The predicted octanol–water partition coefficient (Wildman–Crippen LogP) is 2.79. The number of benzene rings is 2. The number of hydrogen-bond acceptors (Lipinski definition) is 3. The zero-order chi connectivity index (χ0) is 17.3. The molecule has 3 rings (SSSR count). The third-order valence-electron chi connectivity index (χ3n) is 3.67. The molecule has 0 fully saturated rings. The van der Waals surface area contributed by atoms with E-state index in [0.717, 1.165) is 12.1 Å². The van der Waals surface area contributed by atoms with E-state index in [9.17, 15) is 18.4 Å². The third kappa shape index (κ3) is 3.19. The van der Waals surface area contributed by atoms with Crippen molar-refractivity contribution < 1.29 is 23.1 Å². The van der Waals surface area contributed by atoms with E-state index in [1.807, 2.05) is 0 Å². The Morgan fingerprint density at radius 2 is 2.00 bits per heavy atom. The Hall–Kier alpha value is -2.96. The summed E-state index contributed by atoms with van der Waals surface area (Å²) in [7, 11) is 0. The molecular formula is C17H14F2N2O3. The molecule has 0 radical (unpaired) electrons. The van der Waals surface area contributed by atoms with E-state index >= 15 is 0 Å². The first-order valence-electron chi connectivity index (χ1n) is 7.26. The molecule has 0 aliphatic carbocycles. The maximum absolute atomic E-state index is 13.3. The topological polar surface area (TPSA) is 67.4 Å². The Bertz CT molecular complexity index is 823. The van der Waals surface area contributed by atoms with Crippen LogP contribution in [0.15, 0.2) is 36.4 Å². The Labute approximate surface area is 136 Å². The smallest absolute Gasteiger partial charge is 0.262 e. The van der Waals surface area contributed by atoms with Gasteiger partial charge in [-0.2, -0.15) is 0 Å². The summed E-state index contributed by atoms with van der Waals surface area (Å²) in [6, 6.07) is 7.60. The van der Waals surface area contributed by atoms with Crippen LogP contribution in [0.5, 0.6) is 5.75 Å². The number of anilines is 1. The van der Waals surface area contributed by atoms with Gasteiger partial charge in [0.2, 0.25) is 0 Å². The van der Waals surface area contributed by atoms with Gasteiger partial charge in [-0.05, 0) is 42.8 Å². The molecule has 1 aliphatic rings. The molecule has 2 aromatic carbocycles. The highest BCUT2D eigenvalue weighted by Gasteiger charge is 2.19. The van der Waals surface area contributed by atoms with Crippen LogP contribution in [0.25, 0.3) is 0 Å². The first-order valence-corrected chi connectivity index (χ1v) is 7.26. The Balaban J connectivity index is 1.74. The first kappa shape index (κ1) is 15.9. The third-order valence-corrected chi connectivity index (χ3v) is 3.67. The second-order valence-corrected chi connectivity index (χ2v) is 5.42. The van der Waals surface area contributed by atoms with Crippen LogP contribution in [-0.4, -0.2) is 18.4 Å². The van der Waals surface area contributed by atoms with Crippen molar-refractivity contribution in [2.75, 3.05) is 11.9 Å². The summed E-state index contributed by atoms with van der Waals surface area (Å²) in [5.74, 6) is -2.15. The summed E-state index contributed by atoms with van der Waals surface area (Å²) >= 11 is 0. The number of nitrogens with one attached hydrogen (secondary N) is 2. The average molecular weight is 332 g/mol. The van der Waals surface area contributed by atoms with E-state index in [1.54, 1.807) is 19.1 Å². The second kappa shape index (κ2) is 6.27. The highest BCUT2D eigenvalue weighted by molar-refractivity contribution is 5.99. The zero-order valence-corrected chi connectivity index (χ0v) is 12.7. The van der Waals surface area contributed by atoms with Crippen LogP contribution in [0, 0.1) is 11.6 Å². The molecule has 5 nitrogen and oxygen atoms in total. The average Bonchev–Trinajstić information content (AvgIpc) is 2.56. The summed E-state index contributed by atoms with van der Waals surface area (Å²) in [5.41, 5.74) is 1.28. The summed E-state index contributed by atoms with van der Waals surface area (Å²) in [6.45, 7) is 1.56. The SMILES string of the molecule is C[C@H](NC(=O)c1ccc2c(c1)OCC(=O)N2)c1ccc(F)c(F)c1. The van der Waals surface area contributed by atoms with Gasteiger partial charge in [-0.3, -0.25) is 9.59 Å². The lowest BCUT2D eigenvalue weighted by Crippen LogP contribution is -2.28. The fraction of sp³-hybridized carbons (Fsp3) is 0.176. The molecule has 0 bridgehead atoms. The van der Waals surface area contributed by atoms with Gasteiger partial charge in [0.05, 0.1) is 11.7 Å². The van der Waals surface area contributed by atoms with E-state index in [0.29, 0.717) is 22.6 Å². The number of rotatable bonds is 3. The number of carbonyl (C=O) groups excluding carboxylic acids is 2. The summed E-state index contributed by atoms with van der Waals surface area (Å²) in [5, 5.41) is 5.34. The Morgan fingerprint density at radius 1 is 1.21 bits per heavy atom. The lowest BCUT2D eigenvalue weighted by molar-refractivity contribution is -0.118. The maximum Gasteiger partial charge on any atom is 0.262 e. The quantitative estimate of drug-likeness (QED) is 0.908. The van der Waals surface area contributed by atoms with Crippen molar-refractivity contribution in [2.24, 2.45) is 0 Å². The van der Waals surface area contributed by atoms with Crippen LogP contribution < -0.4 is 15.4 Å². The number of hydrogen-bond donors (Lipinski definition) is 2. The minimum Gasteiger partial charge on any atom is -0.482 e. The Morgan fingerprint density at radius 3 is 2.75 bits per heavy atom. The minimum atomic E-state index is -0.966. The van der Waals surface area contributed by atoms with Crippen molar-refractivity contribution in [1.29, 1.82) is 0 Å². The van der Waals surface area contributed by atoms with Gasteiger partial charge >= 0.3 is 0 Å². The molecule has 2 N–H and O–H groups in total. The fourth-order valence-corrected chi connectivity index (χ4v) is 2.36. The van der Waals surface area contributed by atoms with Crippen LogP contribution in [-0.2, 0) is 4.79 Å². The van der Waals surface area contributed by atoms with Gasteiger partial charge < -0.3 is 15.4 Å². The molecule has 1 atom stereocenters. The highest BCUT2D eigenvalue weighted by atomic mass is 19.2. The first-order chi connectivity index (χ1) is 11.4. The van der Waals surface area contributed by atoms with Crippen molar-refractivity contribution in [3.63, 3.8) is 0 Å². The molecule has 1 aliphatic heterocycles. The molecule has 0 saturated carbocycles. The van der Waals surface area contributed by atoms with Crippen molar-refractivity contribution in [3.8, 4) is 5.75 Å². The van der Waals surface area contributed by atoms with Crippen LogP contribution in [0.4, 0.5) is 14.5 Å².